The standard InChI is InChI=1S/C20H19ClN2O5S/c1-12-8-16(17(28-2)10-15(12)21)23-19(25)11-29-14-5-3-4-13(9-14)22-18(24)6-7-20(26)27/h3-10H,11H2,1-2H3,(H,22,24)(H,23,25)(H,26,27)/b7-6+. The van der Waals surface area contributed by atoms with Crippen molar-refractivity contribution in [1.29, 1.82) is 0 Å². The average molecular weight is 435 g/mol. The number of carbonyl (C=O) groups is 3. The summed E-state index contributed by atoms with van der Waals surface area (Å²) in [7, 11) is 1.50. The zero-order valence-corrected chi connectivity index (χ0v) is 17.3. The number of benzene rings is 2. The van der Waals surface area contributed by atoms with Crippen molar-refractivity contribution in [3.63, 3.8) is 0 Å². The van der Waals surface area contributed by atoms with E-state index in [0.717, 1.165) is 22.6 Å². The average Bonchev–Trinajstić information content (AvgIpc) is 2.67. The summed E-state index contributed by atoms with van der Waals surface area (Å²) in [5.74, 6) is -1.38. The lowest BCUT2D eigenvalue weighted by atomic mass is 10.2. The first kappa shape index (κ1) is 22.3. The fourth-order valence-corrected chi connectivity index (χ4v) is 3.17. The number of aryl methyl sites for hydroxylation is 1. The summed E-state index contributed by atoms with van der Waals surface area (Å²) in [4.78, 5) is 35.2. The minimum absolute atomic E-state index is 0.140. The first-order valence-electron chi connectivity index (χ1n) is 8.37. The maximum Gasteiger partial charge on any atom is 0.328 e. The van der Waals surface area contributed by atoms with Gasteiger partial charge in [-0.3, -0.25) is 9.59 Å². The summed E-state index contributed by atoms with van der Waals surface area (Å²) >= 11 is 7.35. The number of amides is 2. The van der Waals surface area contributed by atoms with Gasteiger partial charge in [0.25, 0.3) is 0 Å². The molecule has 152 valence electrons. The van der Waals surface area contributed by atoms with Crippen LogP contribution in [0.5, 0.6) is 5.75 Å². The molecular weight excluding hydrogens is 416 g/mol. The Hall–Kier alpha value is -2.97. The number of rotatable bonds is 8. The van der Waals surface area contributed by atoms with E-state index in [1.807, 2.05) is 6.92 Å². The minimum atomic E-state index is -1.21. The van der Waals surface area contributed by atoms with Gasteiger partial charge in [-0.1, -0.05) is 17.7 Å². The van der Waals surface area contributed by atoms with Crippen molar-refractivity contribution in [2.24, 2.45) is 0 Å². The molecule has 0 bridgehead atoms. The van der Waals surface area contributed by atoms with Gasteiger partial charge in [-0.05, 0) is 36.8 Å². The second-order valence-corrected chi connectivity index (χ2v) is 7.28. The zero-order chi connectivity index (χ0) is 21.4. The number of ether oxygens (including phenoxy) is 1. The van der Waals surface area contributed by atoms with Gasteiger partial charge in [0.05, 0.1) is 18.6 Å². The maximum absolute atomic E-state index is 12.3. The largest absolute Gasteiger partial charge is 0.495 e. The number of halogens is 1. The molecule has 9 heteroatoms. The zero-order valence-electron chi connectivity index (χ0n) is 15.7. The number of thioether (sulfide) groups is 1. The predicted octanol–water partition coefficient (Wildman–Crippen LogP) is 3.97. The van der Waals surface area contributed by atoms with Crippen molar-refractivity contribution in [2.45, 2.75) is 11.8 Å². The van der Waals surface area contributed by atoms with E-state index >= 15 is 0 Å². The van der Waals surface area contributed by atoms with E-state index in [-0.39, 0.29) is 11.7 Å². The molecule has 0 aliphatic heterocycles. The van der Waals surface area contributed by atoms with Crippen LogP contribution in [0, 0.1) is 6.92 Å². The fraction of sp³-hybridized carbons (Fsp3) is 0.150. The smallest absolute Gasteiger partial charge is 0.328 e. The van der Waals surface area contributed by atoms with E-state index in [0.29, 0.717) is 22.1 Å². The third-order valence-electron chi connectivity index (χ3n) is 3.60. The van der Waals surface area contributed by atoms with Crippen molar-refractivity contribution in [1.82, 2.24) is 0 Å². The molecule has 29 heavy (non-hydrogen) atoms. The molecule has 0 fully saturated rings. The van der Waals surface area contributed by atoms with Crippen molar-refractivity contribution in [2.75, 3.05) is 23.5 Å². The highest BCUT2D eigenvalue weighted by Gasteiger charge is 2.11. The Balaban J connectivity index is 1.96. The van der Waals surface area contributed by atoms with Crippen LogP contribution in [0.4, 0.5) is 11.4 Å². The van der Waals surface area contributed by atoms with Crippen molar-refractivity contribution in [3.05, 3.63) is 59.1 Å². The molecule has 2 rings (SSSR count). The number of carbonyl (C=O) groups excluding carboxylic acids is 2. The van der Waals surface area contributed by atoms with Gasteiger partial charge in [0, 0.05) is 33.8 Å². The van der Waals surface area contributed by atoms with Crippen LogP contribution >= 0.6 is 23.4 Å². The molecule has 0 aliphatic carbocycles. The van der Waals surface area contributed by atoms with Crippen LogP contribution in [-0.4, -0.2) is 35.8 Å². The van der Waals surface area contributed by atoms with Crippen molar-refractivity contribution >= 4 is 52.5 Å². The highest BCUT2D eigenvalue weighted by molar-refractivity contribution is 8.00. The Kier molecular flexibility index (Phi) is 8.11. The first-order chi connectivity index (χ1) is 13.8. The topological polar surface area (TPSA) is 105 Å². The number of nitrogens with one attached hydrogen (secondary N) is 2. The molecule has 2 aromatic rings. The highest BCUT2D eigenvalue weighted by Crippen LogP contribution is 2.31. The van der Waals surface area contributed by atoms with Crippen LogP contribution in [-0.2, 0) is 14.4 Å². The lowest BCUT2D eigenvalue weighted by molar-refractivity contribution is -0.131. The second-order valence-electron chi connectivity index (χ2n) is 5.83. The van der Waals surface area contributed by atoms with Gasteiger partial charge in [-0.25, -0.2) is 4.79 Å². The van der Waals surface area contributed by atoms with E-state index in [1.54, 1.807) is 36.4 Å². The van der Waals surface area contributed by atoms with E-state index in [2.05, 4.69) is 10.6 Å². The molecule has 0 saturated carbocycles. The number of hydrogen-bond acceptors (Lipinski definition) is 5. The summed E-state index contributed by atoms with van der Waals surface area (Å²) in [6.07, 6.45) is 1.68. The van der Waals surface area contributed by atoms with E-state index in [1.165, 1.54) is 18.9 Å². The molecule has 0 atom stereocenters. The summed E-state index contributed by atoms with van der Waals surface area (Å²) in [5.41, 5.74) is 1.84. The second kappa shape index (κ2) is 10.5. The van der Waals surface area contributed by atoms with Gasteiger partial charge in [-0.15, -0.1) is 11.8 Å². The summed E-state index contributed by atoms with van der Waals surface area (Å²) in [6.45, 7) is 1.83. The molecule has 0 radical (unpaired) electrons. The third-order valence-corrected chi connectivity index (χ3v) is 5.00. The summed E-state index contributed by atoms with van der Waals surface area (Å²) in [6, 6.07) is 10.3. The lowest BCUT2D eigenvalue weighted by Gasteiger charge is -2.12. The Morgan fingerprint density at radius 2 is 1.93 bits per heavy atom. The Morgan fingerprint density at radius 1 is 1.17 bits per heavy atom. The third kappa shape index (κ3) is 7.17. The van der Waals surface area contributed by atoms with Gasteiger partial charge >= 0.3 is 5.97 Å². The van der Waals surface area contributed by atoms with Crippen LogP contribution in [0.1, 0.15) is 5.56 Å². The van der Waals surface area contributed by atoms with Gasteiger partial charge < -0.3 is 20.5 Å². The number of anilines is 2. The van der Waals surface area contributed by atoms with Gasteiger partial charge in [0.1, 0.15) is 5.75 Å². The van der Waals surface area contributed by atoms with Crippen LogP contribution < -0.4 is 15.4 Å². The molecular formula is C20H19ClN2O5S. The Morgan fingerprint density at radius 3 is 2.62 bits per heavy atom. The Bertz CT molecular complexity index is 962. The van der Waals surface area contributed by atoms with Gasteiger partial charge in [0.2, 0.25) is 11.8 Å². The van der Waals surface area contributed by atoms with E-state index < -0.39 is 11.9 Å². The van der Waals surface area contributed by atoms with Gasteiger partial charge in [0.15, 0.2) is 0 Å². The minimum Gasteiger partial charge on any atom is -0.495 e. The number of carboxylic acid groups (broad SMARTS) is 1. The molecule has 0 unspecified atom stereocenters. The highest BCUT2D eigenvalue weighted by atomic mass is 35.5. The number of methoxy groups -OCH3 is 1. The van der Waals surface area contributed by atoms with Crippen LogP contribution in [0.25, 0.3) is 0 Å². The molecule has 3 N–H and O–H groups in total. The molecule has 2 amide bonds. The fourth-order valence-electron chi connectivity index (χ4n) is 2.26. The van der Waals surface area contributed by atoms with Gasteiger partial charge in [-0.2, -0.15) is 0 Å². The summed E-state index contributed by atoms with van der Waals surface area (Å²) < 4.78 is 5.24. The molecule has 7 nitrogen and oxygen atoms in total. The normalized spacial score (nSPS) is 10.6. The number of hydrogen-bond donors (Lipinski definition) is 3. The molecule has 0 spiro atoms. The maximum atomic E-state index is 12.3. The number of aliphatic carboxylic acids is 1. The molecule has 0 aromatic heterocycles. The molecule has 2 aromatic carbocycles. The van der Waals surface area contributed by atoms with Crippen LogP contribution in [0.2, 0.25) is 5.02 Å². The quantitative estimate of drug-likeness (QED) is 0.429. The first-order valence-corrected chi connectivity index (χ1v) is 9.73. The van der Waals surface area contributed by atoms with Crippen LogP contribution in [0.15, 0.2) is 53.4 Å². The molecule has 0 saturated heterocycles. The molecule has 0 aliphatic rings. The monoisotopic (exact) mass is 434 g/mol. The van der Waals surface area contributed by atoms with E-state index in [9.17, 15) is 14.4 Å². The Labute approximate surface area is 177 Å². The van der Waals surface area contributed by atoms with E-state index in [4.69, 9.17) is 21.4 Å². The van der Waals surface area contributed by atoms with Crippen LogP contribution in [0.3, 0.4) is 0 Å². The summed E-state index contributed by atoms with van der Waals surface area (Å²) in [5, 5.41) is 14.4. The van der Waals surface area contributed by atoms with Crippen molar-refractivity contribution < 1.29 is 24.2 Å². The SMILES string of the molecule is COc1cc(Cl)c(C)cc1NC(=O)CSc1cccc(NC(=O)/C=C/C(=O)O)c1. The number of carboxylic acids is 1. The van der Waals surface area contributed by atoms with Crippen molar-refractivity contribution in [3.8, 4) is 5.75 Å². The predicted molar refractivity (Wildman–Crippen MR) is 114 cm³/mol. The lowest BCUT2D eigenvalue weighted by Crippen LogP contribution is -2.15. The molecule has 0 heterocycles.